The molecule has 1 aromatic carbocycles. The summed E-state index contributed by atoms with van der Waals surface area (Å²) in [6, 6.07) is 6.92. The maximum absolute atomic E-state index is 11.0. The van der Waals surface area contributed by atoms with Gasteiger partial charge in [0.05, 0.1) is 20.0 Å². The van der Waals surface area contributed by atoms with Gasteiger partial charge in [-0.25, -0.2) is 15.0 Å². The molecule has 0 bridgehead atoms. The van der Waals surface area contributed by atoms with Crippen LogP contribution in [0.1, 0.15) is 5.56 Å². The summed E-state index contributed by atoms with van der Waals surface area (Å²) >= 11 is 0. The van der Waals surface area contributed by atoms with Crippen molar-refractivity contribution < 1.29 is 24.8 Å². The fourth-order valence-corrected chi connectivity index (χ4v) is 3.54. The van der Waals surface area contributed by atoms with Gasteiger partial charge in [-0.15, -0.1) is 0 Å². The number of benzene rings is 1. The normalized spacial score (nSPS) is 27.9. The Kier molecular flexibility index (Phi) is 4.19. The van der Waals surface area contributed by atoms with E-state index in [9.17, 15) is 15.3 Å². The number of aliphatic hydroxyl groups is 3. The summed E-state index contributed by atoms with van der Waals surface area (Å²) in [5, 5.41) is 31.1. The van der Waals surface area contributed by atoms with Crippen molar-refractivity contribution in [1.82, 2.24) is 19.5 Å². The third kappa shape index (κ3) is 2.38. The molecule has 1 saturated heterocycles. The van der Waals surface area contributed by atoms with Gasteiger partial charge in [-0.05, 0) is 6.07 Å². The fraction of sp³-hybridized carbons (Fsp3) is 0.353. The van der Waals surface area contributed by atoms with Gasteiger partial charge in [-0.3, -0.25) is 4.57 Å². The van der Waals surface area contributed by atoms with E-state index < -0.39 is 30.6 Å². The third-order valence-corrected chi connectivity index (χ3v) is 4.83. The molecule has 27 heavy (non-hydrogen) atoms. The Balaban J connectivity index is 2.04. The third-order valence-electron chi connectivity index (χ3n) is 4.83. The van der Waals surface area contributed by atoms with Gasteiger partial charge in [-0.1, -0.05) is 18.2 Å². The minimum atomic E-state index is -1.64. The van der Waals surface area contributed by atoms with Crippen molar-refractivity contribution in [2.45, 2.75) is 24.0 Å². The summed E-state index contributed by atoms with van der Waals surface area (Å²) in [5.41, 5.74) is 5.30. The molecular formula is C17H19N5O5. The van der Waals surface area contributed by atoms with E-state index >= 15 is 0 Å². The lowest BCUT2D eigenvalue weighted by molar-refractivity contribution is -0.116. The second-order valence-corrected chi connectivity index (χ2v) is 6.22. The molecule has 0 amide bonds. The van der Waals surface area contributed by atoms with E-state index in [1.54, 1.807) is 24.3 Å². The topological polar surface area (TPSA) is 149 Å². The molecule has 0 spiro atoms. The first-order chi connectivity index (χ1) is 13.0. The quantitative estimate of drug-likeness (QED) is 0.462. The van der Waals surface area contributed by atoms with Gasteiger partial charge in [0.25, 0.3) is 0 Å². The van der Waals surface area contributed by atoms with Gasteiger partial charge in [0.2, 0.25) is 5.72 Å². The summed E-state index contributed by atoms with van der Waals surface area (Å²) in [4.78, 5) is 12.4. The van der Waals surface area contributed by atoms with Crippen molar-refractivity contribution in [1.29, 1.82) is 0 Å². The largest absolute Gasteiger partial charge is 0.496 e. The number of nitrogens with zero attached hydrogens (tertiary/aromatic N) is 4. The minimum Gasteiger partial charge on any atom is -0.496 e. The van der Waals surface area contributed by atoms with Crippen LogP contribution < -0.4 is 10.5 Å². The second-order valence-electron chi connectivity index (χ2n) is 6.22. The molecule has 2 aromatic heterocycles. The van der Waals surface area contributed by atoms with Gasteiger partial charge < -0.3 is 30.5 Å². The van der Waals surface area contributed by atoms with E-state index in [-0.39, 0.29) is 5.82 Å². The fourth-order valence-electron chi connectivity index (χ4n) is 3.54. The maximum Gasteiger partial charge on any atom is 0.206 e. The Morgan fingerprint density at radius 2 is 2.04 bits per heavy atom. The van der Waals surface area contributed by atoms with E-state index in [2.05, 4.69) is 15.0 Å². The molecular weight excluding hydrogens is 354 g/mol. The summed E-state index contributed by atoms with van der Waals surface area (Å²) in [6.07, 6.45) is -1.15. The number of nitrogens with two attached hydrogens (primary N) is 1. The zero-order chi connectivity index (χ0) is 19.2. The number of fused-ring (bicyclic) bond motifs is 1. The molecule has 1 fully saturated rings. The standard InChI is InChI=1S/C17H19N5O5/c1-26-10-5-3-2-4-9(10)17(14(25)13(24)11(6-23)27-17)22-8-21-12-15(18)19-7-20-16(12)22/h2-5,7-8,11,13-14,23-25H,6H2,1H3,(H2,18,19,20)/t11-,13-,14-,17-/m1/s1. The van der Waals surface area contributed by atoms with Crippen molar-refractivity contribution in [3.8, 4) is 5.75 Å². The highest BCUT2D eigenvalue weighted by Crippen LogP contribution is 2.45. The van der Waals surface area contributed by atoms with E-state index in [1.165, 1.54) is 24.3 Å². The molecule has 5 N–H and O–H groups in total. The molecule has 4 rings (SSSR count). The minimum absolute atomic E-state index is 0.167. The molecule has 1 aliphatic rings. The van der Waals surface area contributed by atoms with Crippen LogP contribution in [0, 0.1) is 0 Å². The number of rotatable bonds is 4. The molecule has 3 aromatic rings. The van der Waals surface area contributed by atoms with Crippen LogP contribution in [0.5, 0.6) is 5.75 Å². The van der Waals surface area contributed by atoms with Crippen LogP contribution in [0.25, 0.3) is 11.2 Å². The van der Waals surface area contributed by atoms with Crippen molar-refractivity contribution in [3.63, 3.8) is 0 Å². The highest BCUT2D eigenvalue weighted by Gasteiger charge is 2.58. The molecule has 0 unspecified atom stereocenters. The Hall–Kier alpha value is -2.79. The van der Waals surface area contributed by atoms with Crippen LogP contribution in [0.2, 0.25) is 0 Å². The smallest absolute Gasteiger partial charge is 0.206 e. The van der Waals surface area contributed by atoms with E-state index in [4.69, 9.17) is 15.2 Å². The van der Waals surface area contributed by atoms with Gasteiger partial charge in [0, 0.05) is 5.56 Å². The lowest BCUT2D eigenvalue weighted by atomic mass is 9.93. The molecule has 10 heteroatoms. The first kappa shape index (κ1) is 17.6. The summed E-state index contributed by atoms with van der Waals surface area (Å²) in [5.74, 6) is 0.590. The number of methoxy groups -OCH3 is 1. The number of ether oxygens (including phenoxy) is 2. The van der Waals surface area contributed by atoms with Gasteiger partial charge >= 0.3 is 0 Å². The number of anilines is 1. The first-order valence-corrected chi connectivity index (χ1v) is 8.27. The molecule has 0 radical (unpaired) electrons. The number of aromatic nitrogens is 4. The van der Waals surface area contributed by atoms with Gasteiger partial charge in [0.15, 0.2) is 11.5 Å². The lowest BCUT2D eigenvalue weighted by Gasteiger charge is -2.35. The van der Waals surface area contributed by atoms with Crippen LogP contribution in [0.4, 0.5) is 5.82 Å². The van der Waals surface area contributed by atoms with E-state index in [0.717, 1.165) is 0 Å². The number of hydrogen-bond donors (Lipinski definition) is 4. The first-order valence-electron chi connectivity index (χ1n) is 8.27. The zero-order valence-electron chi connectivity index (χ0n) is 14.4. The molecule has 10 nitrogen and oxygen atoms in total. The van der Waals surface area contributed by atoms with E-state index in [1.807, 2.05) is 0 Å². The monoisotopic (exact) mass is 373 g/mol. The molecule has 0 aliphatic carbocycles. The predicted octanol–water partition coefficient (Wildman–Crippen LogP) is -0.769. The lowest BCUT2D eigenvalue weighted by Crippen LogP contribution is -2.46. The Morgan fingerprint density at radius 3 is 2.74 bits per heavy atom. The number of imidazole rings is 1. The number of nitrogen functional groups attached to an aromatic ring is 1. The van der Waals surface area contributed by atoms with Crippen LogP contribution in [0.3, 0.4) is 0 Å². The molecule has 142 valence electrons. The molecule has 1 aliphatic heterocycles. The number of para-hydroxylation sites is 1. The second kappa shape index (κ2) is 6.43. The zero-order valence-corrected chi connectivity index (χ0v) is 14.4. The van der Waals surface area contributed by atoms with Crippen molar-refractivity contribution in [3.05, 3.63) is 42.5 Å². The Morgan fingerprint density at radius 1 is 1.26 bits per heavy atom. The highest BCUT2D eigenvalue weighted by molar-refractivity contribution is 5.81. The highest BCUT2D eigenvalue weighted by atomic mass is 16.6. The van der Waals surface area contributed by atoms with Crippen molar-refractivity contribution in [2.75, 3.05) is 19.5 Å². The summed E-state index contributed by atoms with van der Waals surface area (Å²) in [7, 11) is 1.49. The average molecular weight is 373 g/mol. The van der Waals surface area contributed by atoms with Crippen LogP contribution in [-0.4, -0.2) is 66.9 Å². The number of hydrogen-bond acceptors (Lipinski definition) is 9. The number of aliphatic hydroxyl groups excluding tert-OH is 3. The SMILES string of the molecule is COc1ccccc1[C@@]1(n2cnc3c(N)ncnc32)O[C@H](CO)[C@@H](O)[C@H]1O. The van der Waals surface area contributed by atoms with Crippen LogP contribution in [0.15, 0.2) is 36.9 Å². The Bertz CT molecular complexity index is 979. The van der Waals surface area contributed by atoms with Crippen LogP contribution in [-0.2, 0) is 10.5 Å². The molecule has 3 heterocycles. The molecule has 4 atom stereocenters. The molecule has 0 saturated carbocycles. The Labute approximate surface area is 153 Å². The van der Waals surface area contributed by atoms with E-state index in [0.29, 0.717) is 22.5 Å². The van der Waals surface area contributed by atoms with Crippen molar-refractivity contribution in [2.24, 2.45) is 0 Å². The maximum atomic E-state index is 11.0. The summed E-state index contributed by atoms with van der Waals surface area (Å²) < 4.78 is 13.0. The summed E-state index contributed by atoms with van der Waals surface area (Å²) in [6.45, 7) is -0.487. The van der Waals surface area contributed by atoms with Gasteiger partial charge in [0.1, 0.15) is 35.9 Å². The van der Waals surface area contributed by atoms with Crippen molar-refractivity contribution >= 4 is 17.0 Å². The van der Waals surface area contributed by atoms with Gasteiger partial charge in [-0.2, -0.15) is 0 Å². The predicted molar refractivity (Wildman–Crippen MR) is 93.8 cm³/mol. The van der Waals surface area contributed by atoms with Crippen LogP contribution >= 0.6 is 0 Å². The average Bonchev–Trinajstić information content (AvgIpc) is 3.24.